The molecule has 1 nitrogen and oxygen atoms in total. The van der Waals surface area contributed by atoms with E-state index in [0.29, 0.717) is 6.42 Å². The molecule has 1 atom stereocenters. The van der Waals surface area contributed by atoms with Gasteiger partial charge in [-0.2, -0.15) is 13.2 Å². The third kappa shape index (κ3) is 3.75. The predicted octanol–water partition coefficient (Wildman–Crippen LogP) is 4.42. The van der Waals surface area contributed by atoms with Crippen molar-refractivity contribution in [2.45, 2.75) is 51.7 Å². The predicted molar refractivity (Wildman–Crippen MR) is 74.6 cm³/mol. The molecule has 1 heterocycles. The molecule has 0 radical (unpaired) electrons. The number of rotatable bonds is 3. The van der Waals surface area contributed by atoms with Crippen LogP contribution < -0.4 is 5.32 Å². The van der Waals surface area contributed by atoms with Crippen LogP contribution in [0.3, 0.4) is 0 Å². The number of hydrogen-bond acceptors (Lipinski definition) is 1. The zero-order chi connectivity index (χ0) is 15.0. The molecule has 1 aliphatic rings. The van der Waals surface area contributed by atoms with Crippen LogP contribution in [-0.2, 0) is 12.6 Å². The lowest BCUT2D eigenvalue weighted by molar-refractivity contribution is -0.137. The number of nitrogens with one attached hydrogen (secondary N) is 1. The highest BCUT2D eigenvalue weighted by molar-refractivity contribution is 5.28. The molecule has 0 spiro atoms. The van der Waals surface area contributed by atoms with Crippen molar-refractivity contribution < 1.29 is 13.2 Å². The lowest BCUT2D eigenvalue weighted by Crippen LogP contribution is -2.59. The summed E-state index contributed by atoms with van der Waals surface area (Å²) >= 11 is 0. The molecule has 20 heavy (non-hydrogen) atoms. The van der Waals surface area contributed by atoms with Crippen molar-refractivity contribution >= 4 is 0 Å². The minimum atomic E-state index is -4.26. The Morgan fingerprint density at radius 2 is 1.85 bits per heavy atom. The fraction of sp³-hybridized carbons (Fsp3) is 0.625. The Kier molecular flexibility index (Phi) is 3.89. The third-order valence-corrected chi connectivity index (χ3v) is 3.77. The maximum absolute atomic E-state index is 12.8. The van der Waals surface area contributed by atoms with Gasteiger partial charge < -0.3 is 5.32 Å². The van der Waals surface area contributed by atoms with Crippen LogP contribution in [0, 0.1) is 5.41 Å². The molecular formula is C16H22F3N. The molecule has 0 amide bonds. The first-order valence-electron chi connectivity index (χ1n) is 7.01. The fourth-order valence-electron chi connectivity index (χ4n) is 3.11. The van der Waals surface area contributed by atoms with Gasteiger partial charge in [0.15, 0.2) is 0 Å². The molecule has 1 N–H and O–H groups in total. The molecule has 1 unspecified atom stereocenters. The first-order chi connectivity index (χ1) is 9.10. The highest BCUT2D eigenvalue weighted by atomic mass is 19.4. The summed E-state index contributed by atoms with van der Waals surface area (Å²) in [5, 5.41) is 3.44. The molecule has 0 aromatic heterocycles. The molecule has 1 aliphatic heterocycles. The van der Waals surface area contributed by atoms with Gasteiger partial charge in [-0.15, -0.1) is 0 Å². The van der Waals surface area contributed by atoms with E-state index in [1.54, 1.807) is 6.07 Å². The summed E-state index contributed by atoms with van der Waals surface area (Å²) in [5.74, 6) is 0. The summed E-state index contributed by atoms with van der Waals surface area (Å²) < 4.78 is 38.3. The van der Waals surface area contributed by atoms with Crippen LogP contribution >= 0.6 is 0 Å². The maximum atomic E-state index is 12.8. The second kappa shape index (κ2) is 5.06. The van der Waals surface area contributed by atoms with E-state index in [1.165, 1.54) is 12.1 Å². The van der Waals surface area contributed by atoms with Gasteiger partial charge in [-0.1, -0.05) is 39.0 Å². The van der Waals surface area contributed by atoms with Crippen molar-refractivity contribution in [3.8, 4) is 0 Å². The largest absolute Gasteiger partial charge is 0.416 e. The van der Waals surface area contributed by atoms with Crippen molar-refractivity contribution in [3.05, 3.63) is 35.4 Å². The molecule has 1 saturated heterocycles. The molecule has 1 aromatic rings. The van der Waals surface area contributed by atoms with Crippen LogP contribution in [0.2, 0.25) is 0 Å². The van der Waals surface area contributed by atoms with E-state index in [1.807, 2.05) is 0 Å². The van der Waals surface area contributed by atoms with Gasteiger partial charge in [-0.25, -0.2) is 0 Å². The second-order valence-electron chi connectivity index (χ2n) is 7.07. The van der Waals surface area contributed by atoms with Gasteiger partial charge in [0.1, 0.15) is 0 Å². The van der Waals surface area contributed by atoms with Gasteiger partial charge in [-0.05, 0) is 42.9 Å². The zero-order valence-electron chi connectivity index (χ0n) is 12.3. The Bertz CT molecular complexity index is 467. The van der Waals surface area contributed by atoms with Crippen LogP contribution in [0.15, 0.2) is 24.3 Å². The molecular weight excluding hydrogens is 263 g/mol. The number of alkyl halides is 3. The maximum Gasteiger partial charge on any atom is 0.416 e. The van der Waals surface area contributed by atoms with Gasteiger partial charge >= 0.3 is 6.18 Å². The van der Waals surface area contributed by atoms with Crippen molar-refractivity contribution in [3.63, 3.8) is 0 Å². The van der Waals surface area contributed by atoms with E-state index in [4.69, 9.17) is 0 Å². The van der Waals surface area contributed by atoms with Crippen LogP contribution in [0.4, 0.5) is 13.2 Å². The van der Waals surface area contributed by atoms with Crippen molar-refractivity contribution in [2.24, 2.45) is 5.41 Å². The Labute approximate surface area is 118 Å². The summed E-state index contributed by atoms with van der Waals surface area (Å²) in [4.78, 5) is 0. The molecule has 0 bridgehead atoms. The minimum Gasteiger partial charge on any atom is -0.311 e. The van der Waals surface area contributed by atoms with Gasteiger partial charge in [0.2, 0.25) is 0 Å². The van der Waals surface area contributed by atoms with Crippen LogP contribution in [0.5, 0.6) is 0 Å². The lowest BCUT2D eigenvalue weighted by atomic mass is 9.71. The smallest absolute Gasteiger partial charge is 0.311 e. The minimum absolute atomic E-state index is 0.0392. The Balaban J connectivity index is 2.16. The van der Waals surface area contributed by atoms with E-state index in [2.05, 4.69) is 26.1 Å². The van der Waals surface area contributed by atoms with Crippen molar-refractivity contribution in [1.29, 1.82) is 0 Å². The molecule has 1 fully saturated rings. The van der Waals surface area contributed by atoms with Crippen LogP contribution in [-0.4, -0.2) is 12.1 Å². The van der Waals surface area contributed by atoms with Crippen LogP contribution in [0.25, 0.3) is 0 Å². The Morgan fingerprint density at radius 3 is 2.30 bits per heavy atom. The second-order valence-corrected chi connectivity index (χ2v) is 7.07. The SMILES string of the molecule is CC(C)(C)CC1(Cc2cccc(C(F)(F)F)c2)CCN1. The van der Waals surface area contributed by atoms with E-state index in [-0.39, 0.29) is 11.0 Å². The Morgan fingerprint density at radius 1 is 1.20 bits per heavy atom. The number of halogens is 3. The number of benzene rings is 1. The van der Waals surface area contributed by atoms with Gasteiger partial charge in [0, 0.05) is 5.54 Å². The van der Waals surface area contributed by atoms with Crippen molar-refractivity contribution in [2.75, 3.05) is 6.54 Å². The quantitative estimate of drug-likeness (QED) is 0.867. The first kappa shape index (κ1) is 15.4. The zero-order valence-corrected chi connectivity index (χ0v) is 12.3. The van der Waals surface area contributed by atoms with Gasteiger partial charge in [0.25, 0.3) is 0 Å². The highest BCUT2D eigenvalue weighted by Gasteiger charge is 2.40. The van der Waals surface area contributed by atoms with Crippen molar-refractivity contribution in [1.82, 2.24) is 5.32 Å². The summed E-state index contributed by atoms with van der Waals surface area (Å²) in [6.07, 6.45) is -1.61. The first-order valence-corrected chi connectivity index (χ1v) is 7.01. The summed E-state index contributed by atoms with van der Waals surface area (Å²) in [5.41, 5.74) is 0.328. The summed E-state index contributed by atoms with van der Waals surface area (Å²) in [6.45, 7) is 7.46. The molecule has 112 valence electrons. The topological polar surface area (TPSA) is 12.0 Å². The van der Waals surface area contributed by atoms with E-state index in [0.717, 1.165) is 31.0 Å². The molecule has 4 heteroatoms. The average Bonchev–Trinajstić information content (AvgIpc) is 2.23. The van der Waals surface area contributed by atoms with Gasteiger partial charge in [-0.3, -0.25) is 0 Å². The standard InChI is InChI=1S/C16H22F3N/c1-14(2,3)11-15(7-8-20-15)10-12-5-4-6-13(9-12)16(17,18)19/h4-6,9,20H,7-8,10-11H2,1-3H3. The third-order valence-electron chi connectivity index (χ3n) is 3.77. The number of hydrogen-bond donors (Lipinski definition) is 1. The molecule has 0 aliphatic carbocycles. The lowest BCUT2D eigenvalue weighted by Gasteiger charge is -2.47. The van der Waals surface area contributed by atoms with Crippen LogP contribution in [0.1, 0.15) is 44.7 Å². The fourth-order valence-corrected chi connectivity index (χ4v) is 3.11. The van der Waals surface area contributed by atoms with E-state index >= 15 is 0 Å². The molecule has 1 aromatic carbocycles. The van der Waals surface area contributed by atoms with Gasteiger partial charge in [0.05, 0.1) is 5.56 Å². The summed E-state index contributed by atoms with van der Waals surface area (Å²) in [7, 11) is 0. The average molecular weight is 285 g/mol. The molecule has 2 rings (SSSR count). The molecule has 0 saturated carbocycles. The van der Waals surface area contributed by atoms with E-state index < -0.39 is 11.7 Å². The van der Waals surface area contributed by atoms with E-state index in [9.17, 15) is 13.2 Å². The summed E-state index contributed by atoms with van der Waals surface area (Å²) in [6, 6.07) is 5.71. The monoisotopic (exact) mass is 285 g/mol. The Hall–Kier alpha value is -1.03. The highest BCUT2D eigenvalue weighted by Crippen LogP contribution is 2.37. The normalized spacial score (nSPS) is 23.5.